The fraction of sp³-hybridized carbons (Fsp3) is 0.417. The van der Waals surface area contributed by atoms with Crippen LogP contribution in [0.5, 0.6) is 17.2 Å². The zero-order chi connectivity index (χ0) is 24.8. The normalized spacial score (nSPS) is 13.8. The van der Waals surface area contributed by atoms with Crippen LogP contribution in [0.15, 0.2) is 30.3 Å². The lowest BCUT2D eigenvalue weighted by Gasteiger charge is -2.31. The number of methoxy groups -OCH3 is 3. The molecule has 0 saturated carbocycles. The summed E-state index contributed by atoms with van der Waals surface area (Å²) in [7, 11) is 4.29. The number of nitro benzene ring substituents is 1. The molecular weight excluding hydrogens is 444 g/mol. The van der Waals surface area contributed by atoms with Crippen LogP contribution in [0.1, 0.15) is 40.5 Å². The van der Waals surface area contributed by atoms with Gasteiger partial charge in [-0.1, -0.05) is 6.92 Å². The van der Waals surface area contributed by atoms with Crippen molar-refractivity contribution in [3.05, 3.63) is 51.6 Å². The maximum Gasteiger partial charge on any atom is 0.338 e. The fourth-order valence-corrected chi connectivity index (χ4v) is 3.85. The molecule has 1 saturated heterocycles. The standard InChI is InChI=1S/C24H28N2O8/c1-15-7-9-25(10-8-15)18-6-5-16(11-19(18)26(29)30)24(28)34-14-20(27)17-12-21(31-2)23(33-4)22(13-17)32-3/h5-6,11-13,15H,7-10,14H2,1-4H3. The van der Waals surface area contributed by atoms with Gasteiger partial charge in [0.1, 0.15) is 5.69 Å². The van der Waals surface area contributed by atoms with Gasteiger partial charge in [0.15, 0.2) is 18.1 Å². The summed E-state index contributed by atoms with van der Waals surface area (Å²) in [6.45, 7) is 3.03. The third-order valence-corrected chi connectivity index (χ3v) is 5.85. The van der Waals surface area contributed by atoms with Crippen LogP contribution in [0.25, 0.3) is 0 Å². The Morgan fingerprint density at radius 2 is 1.62 bits per heavy atom. The number of rotatable bonds is 9. The summed E-state index contributed by atoms with van der Waals surface area (Å²) in [5.41, 5.74) is 0.503. The van der Waals surface area contributed by atoms with Crippen molar-refractivity contribution < 1.29 is 33.5 Å². The number of ketones is 1. The van der Waals surface area contributed by atoms with Crippen molar-refractivity contribution in [2.24, 2.45) is 5.92 Å². The second-order valence-corrected chi connectivity index (χ2v) is 8.04. The Hall–Kier alpha value is -3.82. The van der Waals surface area contributed by atoms with Crippen molar-refractivity contribution >= 4 is 23.1 Å². The third-order valence-electron chi connectivity index (χ3n) is 5.85. The van der Waals surface area contributed by atoms with Crippen LogP contribution in [-0.4, -0.2) is 57.7 Å². The molecule has 10 heteroatoms. The van der Waals surface area contributed by atoms with Crippen molar-refractivity contribution in [2.75, 3.05) is 45.9 Å². The largest absolute Gasteiger partial charge is 0.493 e. The Morgan fingerprint density at radius 3 is 2.15 bits per heavy atom. The van der Waals surface area contributed by atoms with Gasteiger partial charge < -0.3 is 23.8 Å². The number of anilines is 1. The van der Waals surface area contributed by atoms with Crippen molar-refractivity contribution in [1.29, 1.82) is 0 Å². The highest BCUT2D eigenvalue weighted by Gasteiger charge is 2.25. The minimum Gasteiger partial charge on any atom is -0.493 e. The Morgan fingerprint density at radius 1 is 1.00 bits per heavy atom. The Kier molecular flexibility index (Phi) is 7.93. The first-order chi connectivity index (χ1) is 16.3. The molecule has 0 amide bonds. The summed E-state index contributed by atoms with van der Waals surface area (Å²) in [6, 6.07) is 7.14. The molecule has 0 atom stereocenters. The zero-order valence-electron chi connectivity index (χ0n) is 19.7. The van der Waals surface area contributed by atoms with Crippen LogP contribution in [0.2, 0.25) is 0 Å². The molecule has 1 fully saturated rings. The zero-order valence-corrected chi connectivity index (χ0v) is 19.7. The molecule has 0 N–H and O–H groups in total. The average Bonchev–Trinajstić information content (AvgIpc) is 2.86. The number of esters is 1. The molecule has 34 heavy (non-hydrogen) atoms. The van der Waals surface area contributed by atoms with Gasteiger partial charge in [0.2, 0.25) is 11.5 Å². The molecule has 0 spiro atoms. The van der Waals surface area contributed by atoms with E-state index in [1.165, 1.54) is 45.6 Å². The summed E-state index contributed by atoms with van der Waals surface area (Å²) in [6.07, 6.45) is 1.90. The van der Waals surface area contributed by atoms with Crippen LogP contribution < -0.4 is 19.1 Å². The molecule has 182 valence electrons. The first kappa shape index (κ1) is 24.8. The molecule has 10 nitrogen and oxygen atoms in total. The van der Waals surface area contributed by atoms with Gasteiger partial charge in [0, 0.05) is 24.7 Å². The highest BCUT2D eigenvalue weighted by Crippen LogP contribution is 2.38. The van der Waals surface area contributed by atoms with E-state index in [0.717, 1.165) is 25.9 Å². The average molecular weight is 472 g/mol. The Balaban J connectivity index is 1.74. The van der Waals surface area contributed by atoms with Gasteiger partial charge in [-0.15, -0.1) is 0 Å². The van der Waals surface area contributed by atoms with Gasteiger partial charge in [0.05, 0.1) is 31.8 Å². The second kappa shape index (κ2) is 10.9. The van der Waals surface area contributed by atoms with Crippen molar-refractivity contribution in [3.8, 4) is 17.2 Å². The predicted octanol–water partition coefficient (Wildman–Crippen LogP) is 3.90. The number of carbonyl (C=O) groups is 2. The first-order valence-corrected chi connectivity index (χ1v) is 10.8. The number of nitro groups is 1. The summed E-state index contributed by atoms with van der Waals surface area (Å²) in [5, 5.41) is 11.7. The van der Waals surface area contributed by atoms with E-state index >= 15 is 0 Å². The van der Waals surface area contributed by atoms with Gasteiger partial charge in [-0.2, -0.15) is 0 Å². The van der Waals surface area contributed by atoms with E-state index in [0.29, 0.717) is 17.4 Å². The number of Topliss-reactive ketones (excluding diaryl/α,β-unsaturated/α-hetero) is 1. The molecule has 1 aliphatic heterocycles. The van der Waals surface area contributed by atoms with E-state index in [-0.39, 0.29) is 28.3 Å². The first-order valence-electron chi connectivity index (χ1n) is 10.8. The molecule has 1 aliphatic rings. The van der Waals surface area contributed by atoms with Crippen LogP contribution >= 0.6 is 0 Å². The number of hydrogen-bond acceptors (Lipinski definition) is 9. The minimum atomic E-state index is -0.831. The minimum absolute atomic E-state index is 0.00137. The van der Waals surface area contributed by atoms with Crippen molar-refractivity contribution in [2.45, 2.75) is 19.8 Å². The van der Waals surface area contributed by atoms with E-state index in [2.05, 4.69) is 6.92 Å². The number of carbonyl (C=O) groups excluding carboxylic acids is 2. The second-order valence-electron chi connectivity index (χ2n) is 8.04. The molecule has 2 aromatic carbocycles. The third kappa shape index (κ3) is 5.38. The molecule has 1 heterocycles. The number of benzene rings is 2. The van der Waals surface area contributed by atoms with Crippen LogP contribution in [0.4, 0.5) is 11.4 Å². The van der Waals surface area contributed by atoms with Crippen molar-refractivity contribution in [3.63, 3.8) is 0 Å². The molecule has 0 aromatic heterocycles. The number of piperidine rings is 1. The van der Waals surface area contributed by atoms with E-state index in [1.807, 2.05) is 4.90 Å². The maximum atomic E-state index is 12.6. The number of nitrogens with zero attached hydrogens (tertiary/aromatic N) is 2. The SMILES string of the molecule is COc1cc(C(=O)COC(=O)c2ccc(N3CCC(C)CC3)c([N+](=O)[O-])c2)cc(OC)c1OC. The van der Waals surface area contributed by atoms with E-state index in [9.17, 15) is 19.7 Å². The van der Waals surface area contributed by atoms with E-state index in [4.69, 9.17) is 18.9 Å². The summed E-state index contributed by atoms with van der Waals surface area (Å²) < 4.78 is 20.8. The van der Waals surface area contributed by atoms with Gasteiger partial charge in [-0.3, -0.25) is 14.9 Å². The van der Waals surface area contributed by atoms with Gasteiger partial charge in [-0.05, 0) is 43.0 Å². The molecular formula is C24H28N2O8. The lowest BCUT2D eigenvalue weighted by molar-refractivity contribution is -0.384. The van der Waals surface area contributed by atoms with Gasteiger partial charge in [-0.25, -0.2) is 4.79 Å². The van der Waals surface area contributed by atoms with E-state index in [1.54, 1.807) is 6.07 Å². The summed E-state index contributed by atoms with van der Waals surface area (Å²) >= 11 is 0. The summed E-state index contributed by atoms with van der Waals surface area (Å²) in [5.74, 6) is 0.149. The predicted molar refractivity (Wildman–Crippen MR) is 124 cm³/mol. The lowest BCUT2D eigenvalue weighted by Crippen LogP contribution is -2.33. The smallest absolute Gasteiger partial charge is 0.338 e. The Labute approximate surface area is 197 Å². The topological polar surface area (TPSA) is 117 Å². The maximum absolute atomic E-state index is 12.6. The quantitative estimate of drug-likeness (QED) is 0.232. The molecule has 0 radical (unpaired) electrons. The molecule has 0 unspecified atom stereocenters. The highest BCUT2D eigenvalue weighted by atomic mass is 16.6. The Bertz CT molecular complexity index is 1050. The number of ether oxygens (including phenoxy) is 4. The highest BCUT2D eigenvalue weighted by molar-refractivity contribution is 6.00. The van der Waals surface area contributed by atoms with Crippen LogP contribution in [0.3, 0.4) is 0 Å². The molecule has 3 rings (SSSR count). The fourth-order valence-electron chi connectivity index (χ4n) is 3.85. The van der Waals surface area contributed by atoms with Gasteiger partial charge >= 0.3 is 5.97 Å². The van der Waals surface area contributed by atoms with Gasteiger partial charge in [0.25, 0.3) is 5.69 Å². The monoisotopic (exact) mass is 472 g/mol. The molecule has 2 aromatic rings. The number of hydrogen-bond donors (Lipinski definition) is 0. The van der Waals surface area contributed by atoms with Crippen LogP contribution in [-0.2, 0) is 4.74 Å². The van der Waals surface area contributed by atoms with E-state index < -0.39 is 23.3 Å². The molecule has 0 aliphatic carbocycles. The molecule has 0 bridgehead atoms. The van der Waals surface area contributed by atoms with Crippen LogP contribution in [0, 0.1) is 16.0 Å². The van der Waals surface area contributed by atoms with Crippen molar-refractivity contribution in [1.82, 2.24) is 0 Å². The lowest BCUT2D eigenvalue weighted by atomic mass is 9.98. The summed E-state index contributed by atoms with van der Waals surface area (Å²) in [4.78, 5) is 38.3.